The van der Waals surface area contributed by atoms with Crippen LogP contribution in [0.4, 0.5) is 17.1 Å². The van der Waals surface area contributed by atoms with Crippen molar-refractivity contribution < 1.29 is 0 Å². The average Bonchev–Trinajstić information content (AvgIpc) is 2.56. The lowest BCUT2D eigenvalue weighted by molar-refractivity contribution is 0.858. The van der Waals surface area contributed by atoms with Gasteiger partial charge in [0.05, 0.1) is 17.1 Å². The highest BCUT2D eigenvalue weighted by Crippen LogP contribution is 2.45. The van der Waals surface area contributed by atoms with Crippen LogP contribution in [0.15, 0.2) is 78.1 Å². The fraction of sp³-hybridized carbons (Fsp3) is 0.158. The Labute approximate surface area is 125 Å². The summed E-state index contributed by atoms with van der Waals surface area (Å²) in [5.41, 5.74) is 6.46. The molecule has 2 aromatic rings. The molecule has 1 aliphatic carbocycles. The molecule has 0 saturated carbocycles. The second kappa shape index (κ2) is 4.81. The van der Waals surface area contributed by atoms with Gasteiger partial charge in [0.1, 0.15) is 0 Å². The van der Waals surface area contributed by atoms with Gasteiger partial charge in [0.15, 0.2) is 0 Å². The van der Waals surface area contributed by atoms with Crippen LogP contribution in [-0.4, -0.2) is 7.05 Å². The zero-order chi connectivity index (χ0) is 14.2. The molecule has 0 spiro atoms. The maximum Gasteiger partial charge on any atom is 0.0696 e. The number of nitrogens with zero attached hydrogens (tertiary/aromatic N) is 2. The SMILES string of the molecule is CN1C2=C(CCC=C2)N(c2ccccc2)c2ccccc21. The number of allylic oxidation sites excluding steroid dienone is 3. The number of fused-ring (bicyclic) bond motifs is 1. The van der Waals surface area contributed by atoms with Gasteiger partial charge >= 0.3 is 0 Å². The predicted octanol–water partition coefficient (Wildman–Crippen LogP) is 4.84. The van der Waals surface area contributed by atoms with Crippen molar-refractivity contribution in [3.8, 4) is 0 Å². The van der Waals surface area contributed by atoms with Crippen molar-refractivity contribution in [2.75, 3.05) is 16.8 Å². The van der Waals surface area contributed by atoms with Crippen molar-refractivity contribution in [3.63, 3.8) is 0 Å². The first-order valence-electron chi connectivity index (χ1n) is 7.44. The highest BCUT2D eigenvalue weighted by Gasteiger charge is 2.29. The molecule has 1 aliphatic heterocycles. The summed E-state index contributed by atoms with van der Waals surface area (Å²) in [6, 6.07) is 19.3. The summed E-state index contributed by atoms with van der Waals surface area (Å²) in [6.07, 6.45) is 6.72. The van der Waals surface area contributed by atoms with Gasteiger partial charge in [-0.1, -0.05) is 36.4 Å². The topological polar surface area (TPSA) is 6.48 Å². The Hall–Kier alpha value is -2.48. The number of likely N-dealkylation sites (N-methyl/N-ethyl adjacent to an activating group) is 1. The standard InChI is InChI=1S/C19H18N2/c1-20-16-11-5-7-13-18(16)21(15-9-3-2-4-10-15)19-14-8-6-12-17(19)20/h2-7,9-13H,8,14H2,1H3. The number of anilines is 3. The zero-order valence-electron chi connectivity index (χ0n) is 12.2. The maximum atomic E-state index is 2.41. The lowest BCUT2D eigenvalue weighted by atomic mass is 10.00. The van der Waals surface area contributed by atoms with Crippen LogP contribution >= 0.6 is 0 Å². The van der Waals surface area contributed by atoms with Gasteiger partial charge < -0.3 is 9.80 Å². The summed E-state index contributed by atoms with van der Waals surface area (Å²) >= 11 is 0. The van der Waals surface area contributed by atoms with Gasteiger partial charge in [-0.15, -0.1) is 0 Å². The van der Waals surface area contributed by atoms with E-state index >= 15 is 0 Å². The Morgan fingerprint density at radius 1 is 0.857 bits per heavy atom. The number of hydrogen-bond acceptors (Lipinski definition) is 2. The van der Waals surface area contributed by atoms with Crippen LogP contribution in [-0.2, 0) is 0 Å². The Bertz CT molecular complexity index is 728. The summed E-state index contributed by atoms with van der Waals surface area (Å²) < 4.78 is 0. The quantitative estimate of drug-likeness (QED) is 0.734. The lowest BCUT2D eigenvalue weighted by Crippen LogP contribution is -2.32. The molecule has 0 aromatic heterocycles. The third kappa shape index (κ3) is 1.87. The van der Waals surface area contributed by atoms with Gasteiger partial charge in [-0.2, -0.15) is 0 Å². The third-order valence-corrected chi connectivity index (χ3v) is 4.25. The van der Waals surface area contributed by atoms with Crippen LogP contribution in [0.5, 0.6) is 0 Å². The lowest BCUT2D eigenvalue weighted by Gasteiger charge is -2.41. The molecule has 0 radical (unpaired) electrons. The number of benzene rings is 2. The molecule has 104 valence electrons. The molecule has 0 amide bonds. The van der Waals surface area contributed by atoms with E-state index in [1.54, 1.807) is 0 Å². The zero-order valence-corrected chi connectivity index (χ0v) is 12.2. The summed E-state index contributed by atoms with van der Waals surface area (Å²) in [6.45, 7) is 0. The van der Waals surface area contributed by atoms with Gasteiger partial charge in [0.2, 0.25) is 0 Å². The molecule has 0 N–H and O–H groups in total. The molecule has 0 unspecified atom stereocenters. The summed E-state index contributed by atoms with van der Waals surface area (Å²) in [5.74, 6) is 0. The van der Waals surface area contributed by atoms with E-state index in [4.69, 9.17) is 0 Å². The largest absolute Gasteiger partial charge is 0.341 e. The molecule has 0 bridgehead atoms. The highest BCUT2D eigenvalue weighted by atomic mass is 15.3. The summed E-state index contributed by atoms with van der Waals surface area (Å²) in [7, 11) is 2.16. The van der Waals surface area contributed by atoms with Crippen LogP contribution in [0.3, 0.4) is 0 Å². The number of para-hydroxylation sites is 3. The Morgan fingerprint density at radius 3 is 2.38 bits per heavy atom. The molecular weight excluding hydrogens is 256 g/mol. The van der Waals surface area contributed by atoms with Gasteiger partial charge in [0, 0.05) is 18.4 Å². The molecule has 21 heavy (non-hydrogen) atoms. The molecule has 2 aromatic carbocycles. The molecule has 0 fully saturated rings. The monoisotopic (exact) mass is 274 g/mol. The molecule has 1 heterocycles. The van der Waals surface area contributed by atoms with E-state index in [0.717, 1.165) is 12.8 Å². The van der Waals surface area contributed by atoms with Gasteiger partial charge in [-0.3, -0.25) is 0 Å². The van der Waals surface area contributed by atoms with E-state index < -0.39 is 0 Å². The molecule has 0 atom stereocenters. The smallest absolute Gasteiger partial charge is 0.0696 e. The minimum Gasteiger partial charge on any atom is -0.341 e. The van der Waals surface area contributed by atoms with Crippen molar-refractivity contribution >= 4 is 17.1 Å². The van der Waals surface area contributed by atoms with E-state index in [2.05, 4.69) is 83.6 Å². The van der Waals surface area contributed by atoms with E-state index in [1.165, 1.54) is 28.5 Å². The summed E-state index contributed by atoms with van der Waals surface area (Å²) in [4.78, 5) is 4.72. The van der Waals surface area contributed by atoms with E-state index in [0.29, 0.717) is 0 Å². The van der Waals surface area contributed by atoms with Crippen LogP contribution in [0, 0.1) is 0 Å². The molecule has 2 nitrogen and oxygen atoms in total. The van der Waals surface area contributed by atoms with Crippen LogP contribution in [0.1, 0.15) is 12.8 Å². The van der Waals surface area contributed by atoms with Gasteiger partial charge in [-0.25, -0.2) is 0 Å². The number of rotatable bonds is 1. The normalized spacial score (nSPS) is 16.8. The first kappa shape index (κ1) is 12.3. The van der Waals surface area contributed by atoms with E-state index in [1.807, 2.05) is 0 Å². The third-order valence-electron chi connectivity index (χ3n) is 4.25. The highest BCUT2D eigenvalue weighted by molar-refractivity contribution is 5.85. The molecule has 2 heteroatoms. The Kier molecular flexibility index (Phi) is 2.81. The molecule has 4 rings (SSSR count). The second-order valence-corrected chi connectivity index (χ2v) is 5.49. The van der Waals surface area contributed by atoms with Crippen molar-refractivity contribution in [2.24, 2.45) is 0 Å². The fourth-order valence-corrected chi connectivity index (χ4v) is 3.26. The molecule has 0 saturated heterocycles. The van der Waals surface area contributed by atoms with E-state index in [-0.39, 0.29) is 0 Å². The van der Waals surface area contributed by atoms with Crippen molar-refractivity contribution in [2.45, 2.75) is 12.8 Å². The second-order valence-electron chi connectivity index (χ2n) is 5.49. The molecular formula is C19H18N2. The minimum absolute atomic E-state index is 1.08. The summed E-state index contributed by atoms with van der Waals surface area (Å²) in [5, 5.41) is 0. The van der Waals surface area contributed by atoms with Gasteiger partial charge in [0.25, 0.3) is 0 Å². The average molecular weight is 274 g/mol. The van der Waals surface area contributed by atoms with E-state index in [9.17, 15) is 0 Å². The van der Waals surface area contributed by atoms with Gasteiger partial charge in [-0.05, 0) is 43.2 Å². The minimum atomic E-state index is 1.08. The van der Waals surface area contributed by atoms with Crippen molar-refractivity contribution in [1.29, 1.82) is 0 Å². The van der Waals surface area contributed by atoms with Crippen molar-refractivity contribution in [3.05, 3.63) is 78.1 Å². The Morgan fingerprint density at radius 2 is 1.57 bits per heavy atom. The van der Waals surface area contributed by atoms with Crippen molar-refractivity contribution in [1.82, 2.24) is 0 Å². The fourth-order valence-electron chi connectivity index (χ4n) is 3.26. The van der Waals surface area contributed by atoms with Crippen LogP contribution < -0.4 is 9.80 Å². The predicted molar refractivity (Wildman–Crippen MR) is 88.8 cm³/mol. The first-order valence-corrected chi connectivity index (χ1v) is 7.44. The van der Waals surface area contributed by atoms with Crippen LogP contribution in [0.25, 0.3) is 0 Å². The van der Waals surface area contributed by atoms with Crippen LogP contribution in [0.2, 0.25) is 0 Å². The molecule has 2 aliphatic rings. The Balaban J connectivity index is 1.97. The number of hydrogen-bond donors (Lipinski definition) is 0. The first-order chi connectivity index (χ1) is 10.4. The maximum absolute atomic E-state index is 2.41.